The summed E-state index contributed by atoms with van der Waals surface area (Å²) in [5.74, 6) is -2.06. The number of rotatable bonds is 2. The molecule has 0 aliphatic carbocycles. The molecule has 21 heavy (non-hydrogen) atoms. The summed E-state index contributed by atoms with van der Waals surface area (Å²) in [6.45, 7) is 0.660. The summed E-state index contributed by atoms with van der Waals surface area (Å²) in [6.07, 6.45) is -4.22. The van der Waals surface area contributed by atoms with Crippen molar-refractivity contribution in [3.05, 3.63) is 35.9 Å². The summed E-state index contributed by atoms with van der Waals surface area (Å²) >= 11 is 0. The smallest absolute Gasteiger partial charge is 0.345 e. The van der Waals surface area contributed by atoms with E-state index >= 15 is 0 Å². The van der Waals surface area contributed by atoms with Gasteiger partial charge in [0.05, 0.1) is 0 Å². The summed E-state index contributed by atoms with van der Waals surface area (Å²) in [6, 6.07) is 8.15. The molecule has 1 N–H and O–H groups in total. The van der Waals surface area contributed by atoms with E-state index in [2.05, 4.69) is 0 Å². The Labute approximate surface area is 119 Å². The Morgan fingerprint density at radius 3 is 2.19 bits per heavy atom. The van der Waals surface area contributed by atoms with Crippen LogP contribution in [-0.4, -0.2) is 42.0 Å². The Kier molecular flexibility index (Phi) is 4.50. The van der Waals surface area contributed by atoms with E-state index in [4.69, 9.17) is 0 Å². The van der Waals surface area contributed by atoms with Crippen LogP contribution in [0.5, 0.6) is 0 Å². The number of piperidine rings is 1. The van der Waals surface area contributed by atoms with E-state index < -0.39 is 18.1 Å². The van der Waals surface area contributed by atoms with Crippen LogP contribution in [0.3, 0.4) is 0 Å². The molecule has 1 aromatic rings. The number of amides is 2. The van der Waals surface area contributed by atoms with Crippen LogP contribution in [0.25, 0.3) is 0 Å². The third-order valence-corrected chi connectivity index (χ3v) is 3.40. The molecule has 0 unspecified atom stereocenters. The van der Waals surface area contributed by atoms with Gasteiger partial charge in [0.15, 0.2) is 0 Å². The average molecular weight is 300 g/mol. The second kappa shape index (κ2) is 6.15. The number of carbonyl (C=O) groups excluding carboxylic acids is 2. The van der Waals surface area contributed by atoms with Crippen LogP contribution in [-0.2, 0) is 4.79 Å². The van der Waals surface area contributed by atoms with E-state index in [1.54, 1.807) is 35.2 Å². The van der Waals surface area contributed by atoms with Gasteiger partial charge in [-0.25, -0.2) is 0 Å². The van der Waals surface area contributed by atoms with E-state index in [1.165, 1.54) is 0 Å². The van der Waals surface area contributed by atoms with Crippen LogP contribution in [0.1, 0.15) is 23.2 Å². The van der Waals surface area contributed by atoms with Crippen molar-refractivity contribution in [2.75, 3.05) is 13.1 Å². The fraction of sp³-hybridized carbons (Fsp3) is 0.429. The van der Waals surface area contributed by atoms with E-state index in [-0.39, 0.29) is 5.91 Å². The van der Waals surface area contributed by atoms with Gasteiger partial charge in [-0.15, -0.1) is 0 Å². The number of halogens is 3. The van der Waals surface area contributed by atoms with Crippen molar-refractivity contribution in [2.24, 2.45) is 0 Å². The number of nitrogens with zero attached hydrogens (tertiary/aromatic N) is 1. The maximum Gasteiger partial charge on any atom is 0.471 e. The lowest BCUT2D eigenvalue weighted by molar-refractivity contribution is -0.174. The summed E-state index contributed by atoms with van der Waals surface area (Å²) in [5, 5.41) is 1.96. The van der Waals surface area contributed by atoms with Gasteiger partial charge >= 0.3 is 12.1 Å². The summed E-state index contributed by atoms with van der Waals surface area (Å²) in [7, 11) is 0. The molecule has 2 rings (SSSR count). The van der Waals surface area contributed by atoms with Crippen LogP contribution in [0.4, 0.5) is 13.2 Å². The lowest BCUT2D eigenvalue weighted by Crippen LogP contribution is -2.49. The van der Waals surface area contributed by atoms with Crippen LogP contribution < -0.4 is 5.32 Å². The molecular weight excluding hydrogens is 285 g/mol. The molecule has 1 fully saturated rings. The fourth-order valence-corrected chi connectivity index (χ4v) is 2.26. The number of hydrogen-bond donors (Lipinski definition) is 1. The molecule has 7 heteroatoms. The molecule has 114 valence electrons. The minimum atomic E-state index is -4.86. The summed E-state index contributed by atoms with van der Waals surface area (Å²) in [4.78, 5) is 24.6. The lowest BCUT2D eigenvalue weighted by atomic mass is 10.0. The van der Waals surface area contributed by atoms with Gasteiger partial charge in [0, 0.05) is 24.7 Å². The topological polar surface area (TPSA) is 49.4 Å². The molecule has 0 aromatic heterocycles. The number of alkyl halides is 3. The van der Waals surface area contributed by atoms with Crippen molar-refractivity contribution in [3.63, 3.8) is 0 Å². The normalized spacial score (nSPS) is 16.6. The first kappa shape index (κ1) is 15.3. The van der Waals surface area contributed by atoms with Gasteiger partial charge in [0.2, 0.25) is 0 Å². The Morgan fingerprint density at radius 2 is 1.67 bits per heavy atom. The van der Waals surface area contributed by atoms with Gasteiger partial charge in [0.1, 0.15) is 0 Å². The fourth-order valence-electron chi connectivity index (χ4n) is 2.26. The van der Waals surface area contributed by atoms with Gasteiger partial charge in [-0.2, -0.15) is 13.2 Å². The first-order valence-electron chi connectivity index (χ1n) is 6.60. The summed E-state index contributed by atoms with van der Waals surface area (Å²) in [5.41, 5.74) is 0.551. The number of benzene rings is 1. The van der Waals surface area contributed by atoms with Crippen molar-refractivity contribution in [1.82, 2.24) is 10.2 Å². The molecule has 2 amide bonds. The highest BCUT2D eigenvalue weighted by molar-refractivity contribution is 5.94. The largest absolute Gasteiger partial charge is 0.471 e. The van der Waals surface area contributed by atoms with Crippen LogP contribution in [0.15, 0.2) is 30.3 Å². The molecule has 1 heterocycles. The van der Waals surface area contributed by atoms with Gasteiger partial charge in [-0.1, -0.05) is 18.2 Å². The second-order valence-electron chi connectivity index (χ2n) is 4.90. The quantitative estimate of drug-likeness (QED) is 0.908. The summed E-state index contributed by atoms with van der Waals surface area (Å²) < 4.78 is 36.5. The Hall–Kier alpha value is -2.05. The van der Waals surface area contributed by atoms with Crippen molar-refractivity contribution < 1.29 is 22.8 Å². The minimum absolute atomic E-state index is 0.142. The zero-order valence-electron chi connectivity index (χ0n) is 11.2. The van der Waals surface area contributed by atoms with Crippen molar-refractivity contribution in [1.29, 1.82) is 0 Å². The first-order chi connectivity index (χ1) is 9.88. The van der Waals surface area contributed by atoms with Crippen LogP contribution in [0.2, 0.25) is 0 Å². The molecule has 0 bridgehead atoms. The monoisotopic (exact) mass is 300 g/mol. The average Bonchev–Trinajstić information content (AvgIpc) is 2.47. The maximum atomic E-state index is 12.2. The SMILES string of the molecule is O=C(c1ccccc1)N1CCC(NC(=O)C(F)(F)F)CC1. The van der Waals surface area contributed by atoms with Crippen molar-refractivity contribution >= 4 is 11.8 Å². The lowest BCUT2D eigenvalue weighted by Gasteiger charge is -2.32. The molecule has 1 saturated heterocycles. The highest BCUT2D eigenvalue weighted by Gasteiger charge is 2.40. The zero-order valence-corrected chi connectivity index (χ0v) is 11.2. The van der Waals surface area contributed by atoms with E-state index in [1.807, 2.05) is 5.32 Å². The third kappa shape index (κ3) is 3.96. The van der Waals surface area contributed by atoms with Gasteiger partial charge in [-0.05, 0) is 25.0 Å². The number of likely N-dealkylation sites (tertiary alicyclic amines) is 1. The minimum Gasteiger partial charge on any atom is -0.345 e. The molecular formula is C14H15F3N2O2. The van der Waals surface area contributed by atoms with Gasteiger partial charge in [-0.3, -0.25) is 9.59 Å². The Balaban J connectivity index is 1.86. The molecule has 0 atom stereocenters. The Morgan fingerprint density at radius 1 is 1.10 bits per heavy atom. The van der Waals surface area contributed by atoms with E-state index in [0.717, 1.165) is 0 Å². The molecule has 0 spiro atoms. The second-order valence-corrected chi connectivity index (χ2v) is 4.90. The predicted molar refractivity (Wildman–Crippen MR) is 69.6 cm³/mol. The number of nitrogens with one attached hydrogen (secondary N) is 1. The van der Waals surface area contributed by atoms with E-state index in [0.29, 0.717) is 31.5 Å². The number of carbonyl (C=O) groups is 2. The highest BCUT2D eigenvalue weighted by Crippen LogP contribution is 2.18. The first-order valence-corrected chi connectivity index (χ1v) is 6.60. The molecule has 4 nitrogen and oxygen atoms in total. The van der Waals surface area contributed by atoms with Gasteiger partial charge < -0.3 is 10.2 Å². The molecule has 1 aliphatic heterocycles. The zero-order chi connectivity index (χ0) is 15.5. The Bertz CT molecular complexity index is 509. The molecule has 1 aromatic carbocycles. The predicted octanol–water partition coefficient (Wildman–Crippen LogP) is 1.97. The van der Waals surface area contributed by atoms with Crippen LogP contribution >= 0.6 is 0 Å². The highest BCUT2D eigenvalue weighted by atomic mass is 19.4. The molecule has 1 aliphatic rings. The van der Waals surface area contributed by atoms with E-state index in [9.17, 15) is 22.8 Å². The standard InChI is InChI=1S/C14H15F3N2O2/c15-14(16,17)13(21)18-11-6-8-19(9-7-11)12(20)10-4-2-1-3-5-10/h1-5,11H,6-9H2,(H,18,21). The van der Waals surface area contributed by atoms with Gasteiger partial charge in [0.25, 0.3) is 5.91 Å². The van der Waals surface area contributed by atoms with Crippen LogP contribution in [0, 0.1) is 0 Å². The number of hydrogen-bond acceptors (Lipinski definition) is 2. The third-order valence-electron chi connectivity index (χ3n) is 3.40. The molecule has 0 saturated carbocycles. The maximum absolute atomic E-state index is 12.2. The molecule has 0 radical (unpaired) electrons. The van der Waals surface area contributed by atoms with Crippen molar-refractivity contribution in [2.45, 2.75) is 25.1 Å². The van der Waals surface area contributed by atoms with Crippen molar-refractivity contribution in [3.8, 4) is 0 Å².